The van der Waals surface area contributed by atoms with E-state index in [0.29, 0.717) is 5.91 Å². The van der Waals surface area contributed by atoms with Gasteiger partial charge in [-0.3, -0.25) is 9.69 Å². The predicted molar refractivity (Wildman–Crippen MR) is 75.7 cm³/mol. The highest BCUT2D eigenvalue weighted by Gasteiger charge is 2.33. The fourth-order valence-corrected chi connectivity index (χ4v) is 3.52. The number of hydrogen-bond donors (Lipinski definition) is 1. The van der Waals surface area contributed by atoms with Gasteiger partial charge in [0.05, 0.1) is 5.92 Å². The Morgan fingerprint density at radius 3 is 2.32 bits per heavy atom. The Labute approximate surface area is 116 Å². The van der Waals surface area contributed by atoms with Crippen molar-refractivity contribution in [2.45, 2.75) is 44.6 Å². The Balaban J connectivity index is 1.48. The first-order valence-corrected chi connectivity index (χ1v) is 8.01. The standard InChI is InChI=1S/C15H27N3O/c16-14-4-2-1-3-13(14)15(19)18-9-7-17(8-10-18)11-12-5-6-12/h12-14H,1-11,16H2. The summed E-state index contributed by atoms with van der Waals surface area (Å²) in [6, 6.07) is 0.103. The van der Waals surface area contributed by atoms with Crippen molar-refractivity contribution in [3.63, 3.8) is 0 Å². The summed E-state index contributed by atoms with van der Waals surface area (Å²) in [6.07, 6.45) is 7.22. The second kappa shape index (κ2) is 5.80. The van der Waals surface area contributed by atoms with Gasteiger partial charge in [-0.15, -0.1) is 0 Å². The van der Waals surface area contributed by atoms with E-state index in [4.69, 9.17) is 5.73 Å². The van der Waals surface area contributed by atoms with Crippen LogP contribution in [0.5, 0.6) is 0 Å². The van der Waals surface area contributed by atoms with E-state index in [-0.39, 0.29) is 12.0 Å². The van der Waals surface area contributed by atoms with Crippen LogP contribution >= 0.6 is 0 Å². The molecule has 0 aromatic rings. The van der Waals surface area contributed by atoms with E-state index in [1.54, 1.807) is 0 Å². The lowest BCUT2D eigenvalue weighted by Crippen LogP contribution is -2.53. The van der Waals surface area contributed by atoms with Crippen LogP contribution in [-0.4, -0.2) is 54.5 Å². The highest BCUT2D eigenvalue weighted by atomic mass is 16.2. The van der Waals surface area contributed by atoms with Crippen molar-refractivity contribution in [1.82, 2.24) is 9.80 Å². The number of rotatable bonds is 3. The molecular weight excluding hydrogens is 238 g/mol. The average Bonchev–Trinajstić information content (AvgIpc) is 3.23. The normalized spacial score (nSPS) is 33.4. The number of carbonyl (C=O) groups excluding carboxylic acids is 1. The number of amides is 1. The van der Waals surface area contributed by atoms with Gasteiger partial charge in [0.1, 0.15) is 0 Å². The van der Waals surface area contributed by atoms with Gasteiger partial charge in [0.15, 0.2) is 0 Å². The number of nitrogens with zero attached hydrogens (tertiary/aromatic N) is 2. The van der Waals surface area contributed by atoms with Gasteiger partial charge >= 0.3 is 0 Å². The second-order valence-corrected chi connectivity index (χ2v) is 6.62. The topological polar surface area (TPSA) is 49.6 Å². The third-order valence-electron chi connectivity index (χ3n) is 5.03. The van der Waals surface area contributed by atoms with Crippen molar-refractivity contribution in [3.05, 3.63) is 0 Å². The fraction of sp³-hybridized carbons (Fsp3) is 0.933. The molecule has 1 heterocycles. The van der Waals surface area contributed by atoms with Crippen molar-refractivity contribution in [2.24, 2.45) is 17.6 Å². The molecule has 0 radical (unpaired) electrons. The summed E-state index contributed by atoms with van der Waals surface area (Å²) in [4.78, 5) is 17.1. The molecule has 1 saturated heterocycles. The Hall–Kier alpha value is -0.610. The number of carbonyl (C=O) groups is 1. The molecule has 108 valence electrons. The Morgan fingerprint density at radius 2 is 1.68 bits per heavy atom. The molecule has 0 bridgehead atoms. The Bertz CT molecular complexity index is 321. The molecule has 4 heteroatoms. The molecule has 4 nitrogen and oxygen atoms in total. The largest absolute Gasteiger partial charge is 0.340 e. The molecule has 0 aromatic heterocycles. The lowest BCUT2D eigenvalue weighted by molar-refractivity contribution is -0.138. The van der Waals surface area contributed by atoms with Gasteiger partial charge in [0.2, 0.25) is 5.91 Å². The lowest BCUT2D eigenvalue weighted by atomic mass is 9.84. The molecular formula is C15H27N3O. The van der Waals surface area contributed by atoms with Crippen LogP contribution in [0.2, 0.25) is 0 Å². The van der Waals surface area contributed by atoms with Crippen molar-refractivity contribution >= 4 is 5.91 Å². The quantitative estimate of drug-likeness (QED) is 0.830. The first-order valence-electron chi connectivity index (χ1n) is 8.01. The molecule has 1 aliphatic heterocycles. The minimum absolute atomic E-state index is 0.101. The highest BCUT2D eigenvalue weighted by molar-refractivity contribution is 5.79. The van der Waals surface area contributed by atoms with Gasteiger partial charge in [0.25, 0.3) is 0 Å². The first-order chi connectivity index (χ1) is 9.24. The van der Waals surface area contributed by atoms with Crippen LogP contribution < -0.4 is 5.73 Å². The van der Waals surface area contributed by atoms with E-state index in [0.717, 1.165) is 44.9 Å². The van der Waals surface area contributed by atoms with E-state index < -0.39 is 0 Å². The smallest absolute Gasteiger partial charge is 0.227 e. The third-order valence-corrected chi connectivity index (χ3v) is 5.03. The third kappa shape index (κ3) is 3.29. The molecule has 2 unspecified atom stereocenters. The second-order valence-electron chi connectivity index (χ2n) is 6.62. The van der Waals surface area contributed by atoms with E-state index in [1.165, 1.54) is 32.2 Å². The zero-order chi connectivity index (χ0) is 13.2. The minimum atomic E-state index is 0.101. The molecule has 0 spiro atoms. The SMILES string of the molecule is NC1CCCCC1C(=O)N1CCN(CC2CC2)CC1. The zero-order valence-corrected chi connectivity index (χ0v) is 11.9. The summed E-state index contributed by atoms with van der Waals surface area (Å²) < 4.78 is 0. The molecule has 1 amide bonds. The molecule has 19 heavy (non-hydrogen) atoms. The molecule has 2 atom stereocenters. The molecule has 2 saturated carbocycles. The van der Waals surface area contributed by atoms with Gasteiger partial charge in [-0.2, -0.15) is 0 Å². The fourth-order valence-electron chi connectivity index (χ4n) is 3.52. The summed E-state index contributed by atoms with van der Waals surface area (Å²) in [7, 11) is 0. The first kappa shape index (κ1) is 13.4. The highest BCUT2D eigenvalue weighted by Crippen LogP contribution is 2.30. The van der Waals surface area contributed by atoms with E-state index in [1.807, 2.05) is 0 Å². The minimum Gasteiger partial charge on any atom is -0.340 e. The maximum Gasteiger partial charge on any atom is 0.227 e. The van der Waals surface area contributed by atoms with Crippen LogP contribution in [0.15, 0.2) is 0 Å². The van der Waals surface area contributed by atoms with Gasteiger partial charge in [-0.25, -0.2) is 0 Å². The predicted octanol–water partition coefficient (Wildman–Crippen LogP) is 1.06. The monoisotopic (exact) mass is 265 g/mol. The number of nitrogens with two attached hydrogens (primary N) is 1. The molecule has 2 aliphatic carbocycles. The van der Waals surface area contributed by atoms with Crippen molar-refractivity contribution in [3.8, 4) is 0 Å². The van der Waals surface area contributed by atoms with Crippen LogP contribution in [0.1, 0.15) is 38.5 Å². The molecule has 3 fully saturated rings. The summed E-state index contributed by atoms with van der Waals surface area (Å²) in [5.41, 5.74) is 6.13. The van der Waals surface area contributed by atoms with Crippen molar-refractivity contribution in [1.29, 1.82) is 0 Å². The van der Waals surface area contributed by atoms with Crippen LogP contribution in [0, 0.1) is 11.8 Å². The van der Waals surface area contributed by atoms with Crippen molar-refractivity contribution < 1.29 is 4.79 Å². The Kier molecular flexibility index (Phi) is 4.08. The average molecular weight is 265 g/mol. The summed E-state index contributed by atoms with van der Waals surface area (Å²) in [5, 5.41) is 0. The zero-order valence-electron chi connectivity index (χ0n) is 11.9. The maximum absolute atomic E-state index is 12.5. The van der Waals surface area contributed by atoms with Gasteiger partial charge in [-0.1, -0.05) is 12.8 Å². The number of piperazine rings is 1. The van der Waals surface area contributed by atoms with Crippen LogP contribution in [-0.2, 0) is 4.79 Å². The van der Waals surface area contributed by atoms with Crippen LogP contribution in [0.4, 0.5) is 0 Å². The summed E-state index contributed by atoms with van der Waals surface area (Å²) in [5.74, 6) is 1.39. The molecule has 2 N–H and O–H groups in total. The van der Waals surface area contributed by atoms with Crippen LogP contribution in [0.3, 0.4) is 0 Å². The maximum atomic E-state index is 12.5. The van der Waals surface area contributed by atoms with Gasteiger partial charge in [0, 0.05) is 38.8 Å². The van der Waals surface area contributed by atoms with Gasteiger partial charge < -0.3 is 10.6 Å². The van der Waals surface area contributed by atoms with Gasteiger partial charge in [-0.05, 0) is 31.6 Å². The molecule has 3 aliphatic rings. The molecule has 0 aromatic carbocycles. The van der Waals surface area contributed by atoms with E-state index in [9.17, 15) is 4.79 Å². The summed E-state index contributed by atoms with van der Waals surface area (Å²) in [6.45, 7) is 5.20. The van der Waals surface area contributed by atoms with Crippen LogP contribution in [0.25, 0.3) is 0 Å². The summed E-state index contributed by atoms with van der Waals surface area (Å²) >= 11 is 0. The molecule has 3 rings (SSSR count). The van der Waals surface area contributed by atoms with E-state index >= 15 is 0 Å². The Morgan fingerprint density at radius 1 is 1.00 bits per heavy atom. The number of hydrogen-bond acceptors (Lipinski definition) is 3. The lowest BCUT2D eigenvalue weighted by Gasteiger charge is -2.38. The van der Waals surface area contributed by atoms with E-state index in [2.05, 4.69) is 9.80 Å². The van der Waals surface area contributed by atoms with Crippen molar-refractivity contribution in [2.75, 3.05) is 32.7 Å².